The zero-order valence-electron chi connectivity index (χ0n) is 12.5. The topological polar surface area (TPSA) is 55.6 Å². The molecule has 1 amide bonds. The maximum absolute atomic E-state index is 12.6. The molecule has 2 N–H and O–H groups in total. The lowest BCUT2D eigenvalue weighted by molar-refractivity contribution is 0.0780. The molecule has 0 unspecified atom stereocenters. The van der Waals surface area contributed by atoms with Crippen LogP contribution < -0.4 is 10.5 Å². The predicted molar refractivity (Wildman–Crippen MR) is 82.4 cm³/mol. The highest BCUT2D eigenvalue weighted by Crippen LogP contribution is 2.27. The van der Waals surface area contributed by atoms with Gasteiger partial charge in [0.15, 0.2) is 0 Å². The normalized spacial score (nSPS) is 23.3. The lowest BCUT2D eigenvalue weighted by Crippen LogP contribution is -2.32. The lowest BCUT2D eigenvalue weighted by atomic mass is 9.97. The van der Waals surface area contributed by atoms with E-state index < -0.39 is 0 Å². The number of hydrogen-bond donors (Lipinski definition) is 1. The first-order valence-corrected chi connectivity index (χ1v) is 8.04. The Kier molecular flexibility index (Phi) is 4.44. The highest BCUT2D eigenvalue weighted by Gasteiger charge is 2.27. The molecule has 0 bridgehead atoms. The fourth-order valence-corrected chi connectivity index (χ4v) is 3.25. The summed E-state index contributed by atoms with van der Waals surface area (Å²) in [7, 11) is 0. The van der Waals surface area contributed by atoms with Crippen molar-refractivity contribution in [2.24, 2.45) is 5.73 Å². The molecule has 4 heteroatoms. The molecule has 2 aliphatic rings. The van der Waals surface area contributed by atoms with Gasteiger partial charge in [-0.05, 0) is 44.2 Å². The molecule has 3 rings (SSSR count). The number of amides is 1. The summed E-state index contributed by atoms with van der Waals surface area (Å²) in [5, 5.41) is 0. The van der Waals surface area contributed by atoms with Gasteiger partial charge in [0.25, 0.3) is 5.91 Å². The molecule has 1 aromatic carbocycles. The first kappa shape index (κ1) is 14.4. The molecule has 1 aliphatic heterocycles. The summed E-state index contributed by atoms with van der Waals surface area (Å²) in [6.45, 7) is 1.40. The number of carbonyl (C=O) groups excluding carboxylic acids is 1. The zero-order chi connectivity index (χ0) is 14.7. The molecule has 21 heavy (non-hydrogen) atoms. The monoisotopic (exact) mass is 288 g/mol. The number of likely N-dealkylation sites (tertiary alicyclic amines) is 1. The van der Waals surface area contributed by atoms with Gasteiger partial charge in [-0.1, -0.05) is 18.6 Å². The van der Waals surface area contributed by atoms with Gasteiger partial charge in [0.05, 0.1) is 11.7 Å². The van der Waals surface area contributed by atoms with Crippen LogP contribution in [0.1, 0.15) is 48.9 Å². The second kappa shape index (κ2) is 6.48. The van der Waals surface area contributed by atoms with Gasteiger partial charge < -0.3 is 15.4 Å². The number of para-hydroxylation sites is 1. The van der Waals surface area contributed by atoms with Gasteiger partial charge in [0.1, 0.15) is 5.75 Å². The first-order valence-electron chi connectivity index (χ1n) is 8.04. The lowest BCUT2D eigenvalue weighted by Gasteiger charge is -2.25. The SMILES string of the molecule is N[C@@H]1CCN(C(=O)c2ccccc2OC2CCCCC2)C1. The van der Waals surface area contributed by atoms with E-state index in [0.29, 0.717) is 12.1 Å². The number of rotatable bonds is 3. The number of ether oxygens (including phenoxy) is 1. The summed E-state index contributed by atoms with van der Waals surface area (Å²) in [4.78, 5) is 14.5. The van der Waals surface area contributed by atoms with Crippen LogP contribution in [-0.2, 0) is 0 Å². The van der Waals surface area contributed by atoms with E-state index in [9.17, 15) is 4.79 Å². The molecule has 2 fully saturated rings. The average Bonchev–Trinajstić information content (AvgIpc) is 2.95. The average molecular weight is 288 g/mol. The standard InChI is InChI=1S/C17H24N2O2/c18-13-10-11-19(12-13)17(20)15-8-4-5-9-16(15)21-14-6-2-1-3-7-14/h4-5,8-9,13-14H,1-3,6-7,10-12,18H2/t13-/m1/s1. The van der Waals surface area contributed by atoms with E-state index >= 15 is 0 Å². The van der Waals surface area contributed by atoms with Crippen LogP contribution >= 0.6 is 0 Å². The third-order valence-electron chi connectivity index (χ3n) is 4.48. The number of carbonyl (C=O) groups is 1. The fourth-order valence-electron chi connectivity index (χ4n) is 3.25. The molecule has 114 valence electrons. The summed E-state index contributed by atoms with van der Waals surface area (Å²) in [6.07, 6.45) is 7.08. The van der Waals surface area contributed by atoms with E-state index in [2.05, 4.69) is 0 Å². The molecule has 0 aromatic heterocycles. The van der Waals surface area contributed by atoms with Gasteiger partial charge in [-0.3, -0.25) is 4.79 Å². The van der Waals surface area contributed by atoms with Crippen LogP contribution in [0.2, 0.25) is 0 Å². The maximum atomic E-state index is 12.6. The minimum absolute atomic E-state index is 0.0503. The Morgan fingerprint density at radius 3 is 2.62 bits per heavy atom. The molecule has 1 saturated carbocycles. The summed E-state index contributed by atoms with van der Waals surface area (Å²) >= 11 is 0. The van der Waals surface area contributed by atoms with E-state index in [1.807, 2.05) is 29.2 Å². The zero-order valence-corrected chi connectivity index (χ0v) is 12.5. The third-order valence-corrected chi connectivity index (χ3v) is 4.48. The Labute approximate surface area is 126 Å². The van der Waals surface area contributed by atoms with Gasteiger partial charge in [-0.15, -0.1) is 0 Å². The van der Waals surface area contributed by atoms with Gasteiger partial charge in [0.2, 0.25) is 0 Å². The fraction of sp³-hybridized carbons (Fsp3) is 0.588. The van der Waals surface area contributed by atoms with Crippen molar-refractivity contribution in [3.8, 4) is 5.75 Å². The van der Waals surface area contributed by atoms with Crippen molar-refractivity contribution in [3.63, 3.8) is 0 Å². The Morgan fingerprint density at radius 1 is 1.14 bits per heavy atom. The second-order valence-electron chi connectivity index (χ2n) is 6.17. The predicted octanol–water partition coefficient (Wildman–Crippen LogP) is 2.57. The highest BCUT2D eigenvalue weighted by atomic mass is 16.5. The van der Waals surface area contributed by atoms with Crippen molar-refractivity contribution in [2.45, 2.75) is 50.7 Å². The second-order valence-corrected chi connectivity index (χ2v) is 6.17. The van der Waals surface area contributed by atoms with Gasteiger partial charge in [-0.25, -0.2) is 0 Å². The number of benzene rings is 1. The van der Waals surface area contributed by atoms with E-state index in [1.54, 1.807) is 0 Å². The van der Waals surface area contributed by atoms with Crippen molar-refractivity contribution in [1.29, 1.82) is 0 Å². The van der Waals surface area contributed by atoms with Crippen molar-refractivity contribution in [3.05, 3.63) is 29.8 Å². The summed E-state index contributed by atoms with van der Waals surface area (Å²) < 4.78 is 6.12. The van der Waals surface area contributed by atoms with Crippen LogP contribution in [0, 0.1) is 0 Å². The molecule has 1 aliphatic carbocycles. The summed E-state index contributed by atoms with van der Waals surface area (Å²) in [5.41, 5.74) is 6.58. The molecule has 0 spiro atoms. The van der Waals surface area contributed by atoms with Crippen LogP contribution in [0.4, 0.5) is 0 Å². The first-order chi connectivity index (χ1) is 10.2. The minimum atomic E-state index is 0.0503. The van der Waals surface area contributed by atoms with Crippen molar-refractivity contribution < 1.29 is 9.53 Å². The molecule has 0 radical (unpaired) electrons. The van der Waals surface area contributed by atoms with E-state index in [4.69, 9.17) is 10.5 Å². The Morgan fingerprint density at radius 2 is 1.90 bits per heavy atom. The molecule has 1 aromatic rings. The Balaban J connectivity index is 1.74. The Hall–Kier alpha value is -1.55. The van der Waals surface area contributed by atoms with E-state index in [-0.39, 0.29) is 18.1 Å². The Bertz CT molecular complexity index is 497. The van der Waals surface area contributed by atoms with Crippen LogP contribution in [0.25, 0.3) is 0 Å². The number of nitrogens with two attached hydrogens (primary N) is 1. The number of hydrogen-bond acceptors (Lipinski definition) is 3. The van der Waals surface area contributed by atoms with Gasteiger partial charge in [-0.2, -0.15) is 0 Å². The van der Waals surface area contributed by atoms with E-state index in [0.717, 1.165) is 31.6 Å². The van der Waals surface area contributed by atoms with Crippen molar-refractivity contribution in [1.82, 2.24) is 4.90 Å². The highest BCUT2D eigenvalue weighted by molar-refractivity contribution is 5.97. The van der Waals surface area contributed by atoms with Crippen LogP contribution in [0.15, 0.2) is 24.3 Å². The molecule has 4 nitrogen and oxygen atoms in total. The van der Waals surface area contributed by atoms with Crippen LogP contribution in [0.3, 0.4) is 0 Å². The van der Waals surface area contributed by atoms with Gasteiger partial charge >= 0.3 is 0 Å². The largest absolute Gasteiger partial charge is 0.490 e. The summed E-state index contributed by atoms with van der Waals surface area (Å²) in [6, 6.07) is 7.73. The molecular weight excluding hydrogens is 264 g/mol. The molecule has 1 heterocycles. The maximum Gasteiger partial charge on any atom is 0.257 e. The van der Waals surface area contributed by atoms with Gasteiger partial charge in [0, 0.05) is 19.1 Å². The van der Waals surface area contributed by atoms with E-state index in [1.165, 1.54) is 19.3 Å². The third kappa shape index (κ3) is 3.38. The summed E-state index contributed by atoms with van der Waals surface area (Å²) in [5.74, 6) is 0.782. The van der Waals surface area contributed by atoms with Crippen LogP contribution in [-0.4, -0.2) is 36.0 Å². The van der Waals surface area contributed by atoms with Crippen molar-refractivity contribution >= 4 is 5.91 Å². The molecule has 1 atom stereocenters. The smallest absolute Gasteiger partial charge is 0.257 e. The minimum Gasteiger partial charge on any atom is -0.490 e. The quantitative estimate of drug-likeness (QED) is 0.930. The number of nitrogens with zero attached hydrogens (tertiary/aromatic N) is 1. The van der Waals surface area contributed by atoms with Crippen LogP contribution in [0.5, 0.6) is 5.75 Å². The van der Waals surface area contributed by atoms with Crippen molar-refractivity contribution in [2.75, 3.05) is 13.1 Å². The molecular formula is C17H24N2O2. The molecule has 1 saturated heterocycles.